The Morgan fingerprint density at radius 2 is 1.63 bits per heavy atom. The number of hydrogen-bond acceptors (Lipinski definition) is 4. The molecule has 3 rings (SSSR count). The largest absolute Gasteiger partial charge is 0.353 e. The monoisotopic (exact) mass is 366 g/mol. The van der Waals surface area contributed by atoms with Gasteiger partial charge in [0.2, 0.25) is 5.91 Å². The molecule has 1 fully saturated rings. The maximum absolute atomic E-state index is 12.3. The molecule has 1 amide bonds. The fraction of sp³-hybridized carbons (Fsp3) is 0.500. The summed E-state index contributed by atoms with van der Waals surface area (Å²) in [7, 11) is 0. The summed E-state index contributed by atoms with van der Waals surface area (Å²) in [5.41, 5.74) is 4.76. The van der Waals surface area contributed by atoms with Crippen LogP contribution in [0.3, 0.4) is 0 Å². The number of rotatable bonds is 4. The van der Waals surface area contributed by atoms with Gasteiger partial charge in [-0.2, -0.15) is 0 Å². The smallest absolute Gasteiger partial charge is 0.225 e. The molecule has 0 radical (unpaired) electrons. The van der Waals surface area contributed by atoms with Crippen molar-refractivity contribution in [1.29, 1.82) is 0 Å². The first-order valence-corrected chi connectivity index (χ1v) is 9.78. The van der Waals surface area contributed by atoms with E-state index >= 15 is 0 Å². The van der Waals surface area contributed by atoms with Crippen molar-refractivity contribution in [2.24, 2.45) is 5.92 Å². The number of aryl methyl sites for hydroxylation is 3. The van der Waals surface area contributed by atoms with E-state index in [9.17, 15) is 4.79 Å². The van der Waals surface area contributed by atoms with Crippen molar-refractivity contribution < 1.29 is 4.79 Å². The average Bonchev–Trinajstić information content (AvgIpc) is 2.64. The molecule has 5 nitrogen and oxygen atoms in total. The lowest BCUT2D eigenvalue weighted by Gasteiger charge is -2.37. The third-order valence-electron chi connectivity index (χ3n) is 5.19. The first kappa shape index (κ1) is 19.3. The Labute approximate surface area is 162 Å². The Balaban J connectivity index is 1.83. The fourth-order valence-electron chi connectivity index (χ4n) is 3.60. The molecule has 27 heavy (non-hydrogen) atoms. The molecule has 5 heteroatoms. The molecular weight excluding hydrogens is 336 g/mol. The first-order chi connectivity index (χ1) is 12.8. The first-order valence-electron chi connectivity index (χ1n) is 9.78. The molecule has 2 heterocycles. The van der Waals surface area contributed by atoms with Crippen molar-refractivity contribution in [1.82, 2.24) is 14.9 Å². The summed E-state index contributed by atoms with van der Waals surface area (Å²) >= 11 is 0. The van der Waals surface area contributed by atoms with Crippen LogP contribution in [0.25, 0.3) is 0 Å². The van der Waals surface area contributed by atoms with Crippen molar-refractivity contribution in [2.45, 2.75) is 41.0 Å². The average molecular weight is 367 g/mol. The summed E-state index contributed by atoms with van der Waals surface area (Å²) in [6.45, 7) is 13.2. The molecule has 1 saturated heterocycles. The third-order valence-corrected chi connectivity index (χ3v) is 5.19. The summed E-state index contributed by atoms with van der Waals surface area (Å²) in [5, 5.41) is 0. The maximum Gasteiger partial charge on any atom is 0.225 e. The second-order valence-corrected chi connectivity index (χ2v) is 7.79. The second kappa shape index (κ2) is 8.07. The van der Waals surface area contributed by atoms with Crippen molar-refractivity contribution in [2.75, 3.05) is 31.1 Å². The highest BCUT2D eigenvalue weighted by Gasteiger charge is 2.25. The van der Waals surface area contributed by atoms with Crippen LogP contribution in [0.4, 0.5) is 5.82 Å². The predicted octanol–water partition coefficient (Wildman–Crippen LogP) is 3.30. The highest BCUT2D eigenvalue weighted by atomic mass is 16.2. The molecule has 2 aromatic rings. The standard InChI is InChI=1S/C22H30N4O/c1-15(2)22(27)26-12-10-25(11-13-26)21-20(17(4)23-18(5)24-21)14-19-8-6-16(3)7-9-19/h6-9,15H,10-14H2,1-5H3. The molecule has 0 N–H and O–H groups in total. The highest BCUT2D eigenvalue weighted by molar-refractivity contribution is 5.78. The third kappa shape index (κ3) is 4.46. The number of carbonyl (C=O) groups is 1. The fourth-order valence-corrected chi connectivity index (χ4v) is 3.60. The molecule has 1 aromatic carbocycles. The molecule has 0 spiro atoms. The zero-order chi connectivity index (χ0) is 19.6. The van der Waals surface area contributed by atoms with Gasteiger partial charge in [-0.05, 0) is 26.3 Å². The highest BCUT2D eigenvalue weighted by Crippen LogP contribution is 2.25. The molecule has 1 aromatic heterocycles. The van der Waals surface area contributed by atoms with Crippen molar-refractivity contribution in [3.63, 3.8) is 0 Å². The van der Waals surface area contributed by atoms with E-state index in [0.717, 1.165) is 49.9 Å². The van der Waals surface area contributed by atoms with Gasteiger partial charge < -0.3 is 9.80 Å². The minimum atomic E-state index is 0.0530. The van der Waals surface area contributed by atoms with E-state index in [2.05, 4.69) is 48.0 Å². The van der Waals surface area contributed by atoms with Gasteiger partial charge in [-0.3, -0.25) is 4.79 Å². The van der Waals surface area contributed by atoms with E-state index in [1.807, 2.05) is 25.7 Å². The number of carbonyl (C=O) groups excluding carboxylic acids is 1. The number of amides is 1. The number of benzene rings is 1. The molecule has 1 aliphatic heterocycles. The van der Waals surface area contributed by atoms with Crippen LogP contribution in [-0.4, -0.2) is 47.0 Å². The van der Waals surface area contributed by atoms with Crippen LogP contribution in [0.1, 0.15) is 42.1 Å². The minimum Gasteiger partial charge on any atom is -0.353 e. The van der Waals surface area contributed by atoms with Gasteiger partial charge in [0.1, 0.15) is 11.6 Å². The van der Waals surface area contributed by atoms with Gasteiger partial charge >= 0.3 is 0 Å². The van der Waals surface area contributed by atoms with Gasteiger partial charge in [0.05, 0.1) is 0 Å². The lowest BCUT2D eigenvalue weighted by Crippen LogP contribution is -2.50. The van der Waals surface area contributed by atoms with Gasteiger partial charge in [-0.1, -0.05) is 43.7 Å². The molecule has 0 saturated carbocycles. The van der Waals surface area contributed by atoms with Gasteiger partial charge in [-0.25, -0.2) is 9.97 Å². The van der Waals surface area contributed by atoms with Crippen LogP contribution in [0.2, 0.25) is 0 Å². The van der Waals surface area contributed by atoms with Crippen LogP contribution in [0.5, 0.6) is 0 Å². The van der Waals surface area contributed by atoms with Gasteiger partial charge in [0, 0.05) is 49.8 Å². The summed E-state index contributed by atoms with van der Waals surface area (Å²) in [6.07, 6.45) is 0.826. The lowest BCUT2D eigenvalue weighted by molar-refractivity contribution is -0.134. The van der Waals surface area contributed by atoms with Crippen LogP contribution in [-0.2, 0) is 11.2 Å². The van der Waals surface area contributed by atoms with Crippen LogP contribution < -0.4 is 4.90 Å². The Morgan fingerprint density at radius 1 is 1.00 bits per heavy atom. The Hall–Kier alpha value is -2.43. The maximum atomic E-state index is 12.3. The molecule has 0 unspecified atom stereocenters. The van der Waals surface area contributed by atoms with Crippen molar-refractivity contribution in [3.05, 3.63) is 52.5 Å². The van der Waals surface area contributed by atoms with E-state index in [4.69, 9.17) is 4.98 Å². The predicted molar refractivity (Wildman–Crippen MR) is 109 cm³/mol. The number of nitrogens with zero attached hydrogens (tertiary/aromatic N) is 4. The van der Waals surface area contributed by atoms with Gasteiger partial charge in [0.25, 0.3) is 0 Å². The van der Waals surface area contributed by atoms with Gasteiger partial charge in [0.15, 0.2) is 0 Å². The molecule has 1 aliphatic rings. The minimum absolute atomic E-state index is 0.0530. The Bertz CT molecular complexity index is 806. The lowest BCUT2D eigenvalue weighted by atomic mass is 10.0. The van der Waals surface area contributed by atoms with Crippen molar-refractivity contribution >= 4 is 11.7 Å². The van der Waals surface area contributed by atoms with Crippen LogP contribution >= 0.6 is 0 Å². The summed E-state index contributed by atoms with van der Waals surface area (Å²) in [4.78, 5) is 25.9. The Morgan fingerprint density at radius 3 is 2.22 bits per heavy atom. The Kier molecular flexibility index (Phi) is 5.78. The second-order valence-electron chi connectivity index (χ2n) is 7.79. The van der Waals surface area contributed by atoms with E-state index in [1.54, 1.807) is 0 Å². The number of aromatic nitrogens is 2. The van der Waals surface area contributed by atoms with Crippen LogP contribution in [0.15, 0.2) is 24.3 Å². The normalized spacial score (nSPS) is 14.7. The number of anilines is 1. The zero-order valence-corrected chi connectivity index (χ0v) is 17.1. The van der Waals surface area contributed by atoms with Gasteiger partial charge in [-0.15, -0.1) is 0 Å². The van der Waals surface area contributed by atoms with E-state index in [-0.39, 0.29) is 11.8 Å². The van der Waals surface area contributed by atoms with E-state index in [1.165, 1.54) is 16.7 Å². The van der Waals surface area contributed by atoms with Crippen LogP contribution in [0, 0.1) is 26.7 Å². The van der Waals surface area contributed by atoms with Crippen molar-refractivity contribution in [3.8, 4) is 0 Å². The quantitative estimate of drug-likeness (QED) is 0.833. The molecule has 0 bridgehead atoms. The topological polar surface area (TPSA) is 49.3 Å². The summed E-state index contributed by atoms with van der Waals surface area (Å²) < 4.78 is 0. The van der Waals surface area contributed by atoms with E-state index < -0.39 is 0 Å². The number of hydrogen-bond donors (Lipinski definition) is 0. The number of piperazine rings is 1. The summed E-state index contributed by atoms with van der Waals surface area (Å²) in [6, 6.07) is 8.65. The zero-order valence-electron chi connectivity index (χ0n) is 17.1. The molecule has 144 valence electrons. The SMILES string of the molecule is Cc1ccc(Cc2c(C)nc(C)nc2N2CCN(C(=O)C(C)C)CC2)cc1. The molecule has 0 atom stereocenters. The molecule has 0 aliphatic carbocycles. The molecular formula is C22H30N4O. The van der Waals surface area contributed by atoms with E-state index in [0.29, 0.717) is 0 Å². The summed E-state index contributed by atoms with van der Waals surface area (Å²) in [5.74, 6) is 2.12.